The first kappa shape index (κ1) is 18.2. The lowest BCUT2D eigenvalue weighted by molar-refractivity contribution is -0.785. The predicted octanol–water partition coefficient (Wildman–Crippen LogP) is 4.99. The summed E-state index contributed by atoms with van der Waals surface area (Å²) < 4.78 is 39.3. The summed E-state index contributed by atoms with van der Waals surface area (Å²) in [5.74, 6) is 0. The number of likely N-dealkylation sites (N-methyl/N-ethyl adjacent to an activating group) is 1. The number of allylic oxidation sites excluding steroid dienone is 1. The molecule has 2 heterocycles. The summed E-state index contributed by atoms with van der Waals surface area (Å²) in [6.45, 7) is 5.05. The van der Waals surface area contributed by atoms with Gasteiger partial charge in [-0.25, -0.2) is 0 Å². The summed E-state index contributed by atoms with van der Waals surface area (Å²) in [6, 6.07) is 10.4. The van der Waals surface area contributed by atoms with E-state index in [4.69, 9.17) is 0 Å². The first-order valence-corrected chi connectivity index (χ1v) is 9.63. The van der Waals surface area contributed by atoms with E-state index in [1.165, 1.54) is 39.5 Å². The number of rotatable bonds is 1. The number of anilines is 1. The molecule has 0 amide bonds. The van der Waals surface area contributed by atoms with Crippen molar-refractivity contribution in [2.45, 2.75) is 24.9 Å². The minimum atomic E-state index is -4.33. The number of thioether (sulfide) groups is 1. The lowest BCUT2D eigenvalue weighted by Gasteiger charge is -2.26. The molecule has 0 radical (unpaired) electrons. The fourth-order valence-corrected chi connectivity index (χ4v) is 4.84. The molecule has 27 heavy (non-hydrogen) atoms. The SMILES string of the molecule is CC[NH+]1/C(=C2/Sc3ccc(C(F)(F)F)cc3N2C)C=Cc2cc(C)ccc21. The molecule has 6 heteroatoms. The van der Waals surface area contributed by atoms with Crippen LogP contribution in [0.15, 0.2) is 58.1 Å². The summed E-state index contributed by atoms with van der Waals surface area (Å²) in [6.07, 6.45) is -0.142. The third kappa shape index (κ3) is 3.07. The Labute approximate surface area is 161 Å². The van der Waals surface area contributed by atoms with E-state index in [1.54, 1.807) is 6.07 Å². The molecule has 140 valence electrons. The Morgan fingerprint density at radius 1 is 1.07 bits per heavy atom. The highest BCUT2D eigenvalue weighted by molar-refractivity contribution is 8.03. The second kappa shape index (κ2) is 6.46. The number of aryl methyl sites for hydroxylation is 1. The Hall–Kier alpha value is -2.18. The summed E-state index contributed by atoms with van der Waals surface area (Å²) in [5, 5.41) is 0.976. The van der Waals surface area contributed by atoms with Crippen LogP contribution in [0.3, 0.4) is 0 Å². The van der Waals surface area contributed by atoms with E-state index in [9.17, 15) is 13.2 Å². The topological polar surface area (TPSA) is 7.68 Å². The number of halogens is 3. The highest BCUT2D eigenvalue weighted by atomic mass is 32.2. The second-order valence-electron chi connectivity index (χ2n) is 6.82. The zero-order chi connectivity index (χ0) is 19.3. The van der Waals surface area contributed by atoms with Gasteiger partial charge in [0.2, 0.25) is 0 Å². The minimum absolute atomic E-state index is 0.607. The molecule has 4 rings (SSSR count). The standard InChI is InChI=1S/C21H19F3N2S/c1-4-26-16-8-5-13(2)11-14(16)6-9-17(26)20-25(3)18-12-15(21(22,23)24)7-10-19(18)27-20/h5-12H,4H2,1-3H3/p+1/b20-17+. The summed E-state index contributed by atoms with van der Waals surface area (Å²) in [5.41, 5.74) is 4.69. The summed E-state index contributed by atoms with van der Waals surface area (Å²) >= 11 is 1.53. The number of nitrogens with one attached hydrogen (secondary N) is 1. The first-order valence-electron chi connectivity index (χ1n) is 8.82. The highest BCUT2D eigenvalue weighted by Crippen LogP contribution is 2.48. The van der Waals surface area contributed by atoms with Crippen LogP contribution >= 0.6 is 11.8 Å². The van der Waals surface area contributed by atoms with Gasteiger partial charge in [0.05, 0.1) is 17.8 Å². The van der Waals surface area contributed by atoms with Crippen LogP contribution in [0.2, 0.25) is 0 Å². The van der Waals surface area contributed by atoms with E-state index in [2.05, 4.69) is 44.2 Å². The molecule has 2 aromatic rings. The second-order valence-corrected chi connectivity index (χ2v) is 7.85. The molecule has 2 aliphatic rings. The number of hydrogen-bond donors (Lipinski definition) is 1. The lowest BCUT2D eigenvalue weighted by Crippen LogP contribution is -3.05. The molecular weight excluding hydrogens is 369 g/mol. The fourth-order valence-electron chi connectivity index (χ4n) is 3.65. The van der Waals surface area contributed by atoms with E-state index < -0.39 is 11.7 Å². The van der Waals surface area contributed by atoms with Crippen molar-refractivity contribution in [2.75, 3.05) is 18.5 Å². The third-order valence-corrected chi connectivity index (χ3v) is 6.28. The van der Waals surface area contributed by atoms with Crippen LogP contribution in [0.1, 0.15) is 23.6 Å². The molecule has 0 saturated heterocycles. The van der Waals surface area contributed by atoms with Crippen molar-refractivity contribution in [3.8, 4) is 0 Å². The highest BCUT2D eigenvalue weighted by Gasteiger charge is 2.36. The van der Waals surface area contributed by atoms with Crippen molar-refractivity contribution in [3.63, 3.8) is 0 Å². The number of fused-ring (bicyclic) bond motifs is 2. The van der Waals surface area contributed by atoms with Gasteiger partial charge in [0.15, 0.2) is 5.70 Å². The van der Waals surface area contributed by atoms with E-state index >= 15 is 0 Å². The summed E-state index contributed by atoms with van der Waals surface area (Å²) in [7, 11) is 1.84. The van der Waals surface area contributed by atoms with Crippen LogP contribution in [0.4, 0.5) is 24.5 Å². The molecular formula is C21H20F3N2S+. The molecule has 1 N–H and O–H groups in total. The Kier molecular flexibility index (Phi) is 4.35. The molecule has 0 spiro atoms. The van der Waals surface area contributed by atoms with E-state index in [-0.39, 0.29) is 0 Å². The van der Waals surface area contributed by atoms with Gasteiger partial charge in [0.1, 0.15) is 10.7 Å². The van der Waals surface area contributed by atoms with Crippen molar-refractivity contribution in [1.82, 2.24) is 0 Å². The maximum absolute atomic E-state index is 13.1. The van der Waals surface area contributed by atoms with Crippen LogP contribution < -0.4 is 9.80 Å². The Balaban J connectivity index is 1.79. The van der Waals surface area contributed by atoms with E-state index in [1.807, 2.05) is 11.9 Å². The molecule has 2 aromatic carbocycles. The molecule has 0 fully saturated rings. The van der Waals surface area contributed by atoms with Crippen molar-refractivity contribution in [1.29, 1.82) is 0 Å². The number of nitrogens with zero attached hydrogens (tertiary/aromatic N) is 1. The molecule has 0 aliphatic carbocycles. The summed E-state index contributed by atoms with van der Waals surface area (Å²) in [4.78, 5) is 3.96. The lowest BCUT2D eigenvalue weighted by atomic mass is 10.0. The van der Waals surface area contributed by atoms with Gasteiger partial charge in [0, 0.05) is 29.6 Å². The van der Waals surface area contributed by atoms with Crippen molar-refractivity contribution in [2.24, 2.45) is 0 Å². The van der Waals surface area contributed by atoms with E-state index in [0.717, 1.165) is 28.2 Å². The zero-order valence-corrected chi connectivity index (χ0v) is 16.1. The maximum atomic E-state index is 13.1. The molecule has 0 bridgehead atoms. The third-order valence-electron chi connectivity index (χ3n) is 5.03. The van der Waals surface area contributed by atoms with Gasteiger partial charge in [-0.1, -0.05) is 23.4 Å². The van der Waals surface area contributed by atoms with Gasteiger partial charge in [-0.2, -0.15) is 13.2 Å². The van der Waals surface area contributed by atoms with Gasteiger partial charge in [-0.3, -0.25) is 4.90 Å². The fraction of sp³-hybridized carbons (Fsp3) is 0.238. The number of hydrogen-bond acceptors (Lipinski definition) is 2. The normalized spacial score (nSPS) is 21.4. The first-order chi connectivity index (χ1) is 12.8. The molecule has 0 saturated carbocycles. The number of alkyl halides is 3. The van der Waals surface area contributed by atoms with E-state index in [0.29, 0.717) is 5.69 Å². The number of benzene rings is 2. The molecule has 2 aliphatic heterocycles. The Morgan fingerprint density at radius 3 is 2.56 bits per heavy atom. The van der Waals surface area contributed by atoms with Gasteiger partial charge >= 0.3 is 6.18 Å². The predicted molar refractivity (Wildman–Crippen MR) is 104 cm³/mol. The van der Waals surface area contributed by atoms with Crippen LogP contribution in [0, 0.1) is 6.92 Å². The van der Waals surface area contributed by atoms with Crippen LogP contribution in [0.25, 0.3) is 6.08 Å². The average Bonchev–Trinajstić information content (AvgIpc) is 2.96. The zero-order valence-electron chi connectivity index (χ0n) is 15.3. The Bertz CT molecular complexity index is 976. The van der Waals surface area contributed by atoms with Crippen molar-refractivity contribution < 1.29 is 18.1 Å². The van der Waals surface area contributed by atoms with Crippen molar-refractivity contribution >= 4 is 29.2 Å². The number of quaternary nitrogens is 1. The van der Waals surface area contributed by atoms with Gasteiger partial charge in [-0.05, 0) is 44.2 Å². The maximum Gasteiger partial charge on any atom is 0.416 e. The molecule has 2 nitrogen and oxygen atoms in total. The van der Waals surface area contributed by atoms with Crippen LogP contribution in [0.5, 0.6) is 0 Å². The van der Waals surface area contributed by atoms with Gasteiger partial charge in [-0.15, -0.1) is 0 Å². The quantitative estimate of drug-likeness (QED) is 0.735. The van der Waals surface area contributed by atoms with Gasteiger partial charge in [0.25, 0.3) is 0 Å². The van der Waals surface area contributed by atoms with Crippen LogP contribution in [-0.4, -0.2) is 13.6 Å². The molecule has 0 aromatic heterocycles. The largest absolute Gasteiger partial charge is 0.416 e. The van der Waals surface area contributed by atoms with Gasteiger partial charge < -0.3 is 4.90 Å². The van der Waals surface area contributed by atoms with Crippen LogP contribution in [-0.2, 0) is 6.18 Å². The monoisotopic (exact) mass is 389 g/mol. The molecule has 1 unspecified atom stereocenters. The van der Waals surface area contributed by atoms with Crippen molar-refractivity contribution in [3.05, 3.63) is 69.9 Å². The minimum Gasteiger partial charge on any atom is -0.333 e. The smallest absolute Gasteiger partial charge is 0.333 e. The molecule has 1 atom stereocenters. The Morgan fingerprint density at radius 2 is 1.85 bits per heavy atom. The average molecular weight is 389 g/mol.